The van der Waals surface area contributed by atoms with E-state index in [1.54, 1.807) is 12.1 Å². The molecule has 0 saturated carbocycles. The number of anilines is 2. The maximum absolute atomic E-state index is 10.3. The van der Waals surface area contributed by atoms with E-state index in [4.69, 9.17) is 23.1 Å². The molecule has 2 aromatic rings. The summed E-state index contributed by atoms with van der Waals surface area (Å²) < 4.78 is 0. The minimum Gasteiger partial charge on any atom is -0.393 e. The lowest BCUT2D eigenvalue weighted by molar-refractivity contribution is -0.384. The van der Waals surface area contributed by atoms with Gasteiger partial charge in [0.05, 0.1) is 9.85 Å². The van der Waals surface area contributed by atoms with Crippen LogP contribution in [0.15, 0.2) is 36.4 Å². The number of halogens is 1. The number of benzene rings is 2. The highest BCUT2D eigenvalue weighted by molar-refractivity contribution is 6.30. The van der Waals surface area contributed by atoms with Crippen LogP contribution in [-0.2, 0) is 0 Å². The zero-order valence-electron chi connectivity index (χ0n) is 11.5. The molecule has 0 fully saturated rings. The zero-order chi connectivity index (χ0) is 16.9. The van der Waals surface area contributed by atoms with E-state index in [-0.39, 0.29) is 22.7 Å². The molecule has 0 aliphatic rings. The Labute approximate surface area is 130 Å². The Morgan fingerprint density at radius 1 is 0.909 bits per heavy atom. The highest BCUT2D eigenvalue weighted by Crippen LogP contribution is 2.24. The van der Waals surface area contributed by atoms with E-state index in [0.717, 1.165) is 5.56 Å². The molecule has 0 atom stereocenters. The molecule has 4 N–H and O–H groups in total. The summed E-state index contributed by atoms with van der Waals surface area (Å²) in [5.74, 6) is 0. The van der Waals surface area contributed by atoms with Crippen LogP contribution in [0.2, 0.25) is 5.02 Å². The third kappa shape index (κ3) is 4.60. The topological polar surface area (TPSA) is 138 Å². The van der Waals surface area contributed by atoms with Crippen LogP contribution in [-0.4, -0.2) is 9.85 Å². The number of nitro groups is 2. The molecule has 0 spiro atoms. The van der Waals surface area contributed by atoms with Gasteiger partial charge in [0.25, 0.3) is 11.4 Å². The monoisotopic (exact) mass is 324 g/mol. The van der Waals surface area contributed by atoms with Crippen LogP contribution < -0.4 is 11.5 Å². The quantitative estimate of drug-likeness (QED) is 0.493. The van der Waals surface area contributed by atoms with Crippen molar-refractivity contribution in [2.24, 2.45) is 0 Å². The molecule has 0 saturated heterocycles. The van der Waals surface area contributed by atoms with Crippen molar-refractivity contribution in [3.8, 4) is 0 Å². The largest absolute Gasteiger partial charge is 0.393 e. The van der Waals surface area contributed by atoms with Crippen molar-refractivity contribution < 1.29 is 9.85 Å². The maximum Gasteiger partial charge on any atom is 0.292 e. The van der Waals surface area contributed by atoms with E-state index >= 15 is 0 Å². The van der Waals surface area contributed by atoms with Crippen molar-refractivity contribution in [3.63, 3.8) is 0 Å². The van der Waals surface area contributed by atoms with Crippen molar-refractivity contribution in [1.29, 1.82) is 0 Å². The molecule has 0 aliphatic carbocycles. The summed E-state index contributed by atoms with van der Waals surface area (Å²) in [5, 5.41) is 20.9. The summed E-state index contributed by atoms with van der Waals surface area (Å²) in [7, 11) is 0. The summed E-state index contributed by atoms with van der Waals surface area (Å²) in [6, 6.07) is 8.70. The van der Waals surface area contributed by atoms with Gasteiger partial charge in [-0.15, -0.1) is 0 Å². The van der Waals surface area contributed by atoms with Gasteiger partial charge in [0.1, 0.15) is 11.4 Å². The van der Waals surface area contributed by atoms with Crippen LogP contribution in [0.5, 0.6) is 0 Å². The van der Waals surface area contributed by atoms with Gasteiger partial charge in [-0.05, 0) is 30.7 Å². The second-order valence-corrected chi connectivity index (χ2v) is 4.72. The standard InChI is InChI=1S/C7H8N2O2.C6H5ClN2O2/c1-5-2-3-7(9(10)11)6(8)4-5;7-4-1-2-6(9(10)11)5(8)3-4/h2-4H,8H2,1H3;1-3H,8H2. The average Bonchev–Trinajstić information content (AvgIpc) is 2.38. The van der Waals surface area contributed by atoms with Gasteiger partial charge >= 0.3 is 0 Å². The lowest BCUT2D eigenvalue weighted by atomic mass is 10.2. The number of nitrogens with zero attached hydrogens (tertiary/aromatic N) is 2. The van der Waals surface area contributed by atoms with Gasteiger partial charge in [-0.25, -0.2) is 0 Å². The number of hydrogen-bond acceptors (Lipinski definition) is 6. The SMILES string of the molecule is Cc1ccc([N+](=O)[O-])c(N)c1.Nc1cc(Cl)ccc1[N+](=O)[O-]. The Morgan fingerprint density at radius 3 is 1.77 bits per heavy atom. The van der Waals surface area contributed by atoms with E-state index in [2.05, 4.69) is 0 Å². The lowest BCUT2D eigenvalue weighted by Gasteiger charge is -1.96. The van der Waals surface area contributed by atoms with Crippen LogP contribution in [0.25, 0.3) is 0 Å². The first-order valence-corrected chi connectivity index (χ1v) is 6.30. The number of rotatable bonds is 2. The van der Waals surface area contributed by atoms with E-state index in [0.29, 0.717) is 5.02 Å². The molecule has 2 rings (SSSR count). The van der Waals surface area contributed by atoms with Gasteiger partial charge in [0.2, 0.25) is 0 Å². The fourth-order valence-corrected chi connectivity index (χ4v) is 1.71. The Balaban J connectivity index is 0.000000220. The summed E-state index contributed by atoms with van der Waals surface area (Å²) in [6.07, 6.45) is 0. The summed E-state index contributed by atoms with van der Waals surface area (Å²) in [6.45, 7) is 1.83. The number of nitro benzene ring substituents is 2. The first-order chi connectivity index (χ1) is 10.2. The van der Waals surface area contributed by atoms with E-state index < -0.39 is 9.85 Å². The Morgan fingerprint density at radius 2 is 1.36 bits per heavy atom. The molecule has 0 heterocycles. The van der Waals surface area contributed by atoms with Crippen molar-refractivity contribution in [3.05, 3.63) is 67.2 Å². The third-order valence-electron chi connectivity index (χ3n) is 2.57. The third-order valence-corrected chi connectivity index (χ3v) is 2.80. The molecule has 2 aromatic carbocycles. The fourth-order valence-electron chi connectivity index (χ4n) is 1.53. The molecule has 0 aliphatic heterocycles. The highest BCUT2D eigenvalue weighted by atomic mass is 35.5. The molecular weight excluding hydrogens is 312 g/mol. The average molecular weight is 325 g/mol. The minimum atomic E-state index is -0.550. The molecule has 9 heteroatoms. The number of aryl methyl sites for hydroxylation is 1. The highest BCUT2D eigenvalue weighted by Gasteiger charge is 2.10. The van der Waals surface area contributed by atoms with Crippen LogP contribution in [0, 0.1) is 27.2 Å². The van der Waals surface area contributed by atoms with E-state index in [1.165, 1.54) is 24.3 Å². The maximum atomic E-state index is 10.3. The van der Waals surface area contributed by atoms with Gasteiger partial charge in [-0.1, -0.05) is 17.7 Å². The molecular formula is C13H13ClN4O4. The predicted octanol–water partition coefficient (Wildman–Crippen LogP) is 3.32. The van der Waals surface area contributed by atoms with Crippen LogP contribution >= 0.6 is 11.6 Å². The Hall–Kier alpha value is -2.87. The molecule has 116 valence electrons. The van der Waals surface area contributed by atoms with Crippen LogP contribution in [0.3, 0.4) is 0 Å². The Kier molecular flexibility index (Phi) is 5.65. The summed E-state index contributed by atoms with van der Waals surface area (Å²) >= 11 is 5.52. The van der Waals surface area contributed by atoms with Gasteiger partial charge in [0.15, 0.2) is 0 Å². The molecule has 0 unspecified atom stereocenters. The predicted molar refractivity (Wildman–Crippen MR) is 84.8 cm³/mol. The van der Waals surface area contributed by atoms with Gasteiger partial charge < -0.3 is 11.5 Å². The molecule has 0 radical (unpaired) electrons. The normalized spacial score (nSPS) is 9.55. The first kappa shape index (κ1) is 17.2. The second-order valence-electron chi connectivity index (χ2n) is 4.28. The van der Waals surface area contributed by atoms with Crippen LogP contribution in [0.4, 0.5) is 22.7 Å². The number of hydrogen-bond donors (Lipinski definition) is 2. The minimum absolute atomic E-state index is 0.0319. The van der Waals surface area contributed by atoms with Crippen molar-refractivity contribution in [2.75, 3.05) is 11.5 Å². The molecule has 0 bridgehead atoms. The summed E-state index contributed by atoms with van der Waals surface area (Å²) in [4.78, 5) is 19.4. The van der Waals surface area contributed by atoms with Gasteiger partial charge in [-0.3, -0.25) is 20.2 Å². The van der Waals surface area contributed by atoms with Crippen molar-refractivity contribution in [1.82, 2.24) is 0 Å². The molecule has 8 nitrogen and oxygen atoms in total. The van der Waals surface area contributed by atoms with Crippen molar-refractivity contribution >= 4 is 34.4 Å². The smallest absolute Gasteiger partial charge is 0.292 e. The number of nitrogens with two attached hydrogens (primary N) is 2. The van der Waals surface area contributed by atoms with Gasteiger partial charge in [-0.2, -0.15) is 0 Å². The lowest BCUT2D eigenvalue weighted by Crippen LogP contribution is -1.95. The van der Waals surface area contributed by atoms with E-state index in [1.807, 2.05) is 6.92 Å². The fraction of sp³-hybridized carbons (Fsp3) is 0.0769. The molecule has 0 aromatic heterocycles. The zero-order valence-corrected chi connectivity index (χ0v) is 12.3. The first-order valence-electron chi connectivity index (χ1n) is 5.92. The number of nitrogen functional groups attached to an aromatic ring is 2. The van der Waals surface area contributed by atoms with Crippen molar-refractivity contribution in [2.45, 2.75) is 6.92 Å². The molecule has 22 heavy (non-hydrogen) atoms. The molecule has 0 amide bonds. The van der Waals surface area contributed by atoms with Gasteiger partial charge in [0, 0.05) is 17.2 Å². The van der Waals surface area contributed by atoms with Crippen LogP contribution in [0.1, 0.15) is 5.56 Å². The Bertz CT molecular complexity index is 660. The summed E-state index contributed by atoms with van der Waals surface area (Å²) in [5.41, 5.74) is 11.8. The van der Waals surface area contributed by atoms with E-state index in [9.17, 15) is 20.2 Å². The second kappa shape index (κ2) is 7.23.